The number of rotatable bonds is 2. The molecule has 0 aromatic heterocycles. The average molecular weight is 491 g/mol. The number of carboxylic acid groups (broad SMARTS) is 1. The van der Waals surface area contributed by atoms with Gasteiger partial charge in [-0.05, 0) is 6.92 Å². The SMILES string of the molecule is CC(O)c1c(C(=O)O)c(O)c(O)c2c1C(C(Cl)(Cl)Cl)OC(C(Cl)(Cl)Cl)O2. The maximum Gasteiger partial charge on any atom is 0.340 e. The highest BCUT2D eigenvalue weighted by molar-refractivity contribution is 6.68. The van der Waals surface area contributed by atoms with Crippen LogP contribution in [0.5, 0.6) is 17.2 Å². The average Bonchev–Trinajstić information content (AvgIpc) is 2.46. The van der Waals surface area contributed by atoms with Crippen molar-refractivity contribution in [3.63, 3.8) is 0 Å². The van der Waals surface area contributed by atoms with Crippen molar-refractivity contribution in [1.82, 2.24) is 0 Å². The minimum atomic E-state index is -2.25. The Bertz CT molecular complexity index is 740. The molecular formula is C13H10Cl6O7. The van der Waals surface area contributed by atoms with Crippen LogP contribution >= 0.6 is 69.6 Å². The van der Waals surface area contributed by atoms with Crippen LogP contribution in [0.15, 0.2) is 0 Å². The molecule has 0 amide bonds. The lowest BCUT2D eigenvalue weighted by atomic mass is 9.90. The van der Waals surface area contributed by atoms with E-state index in [9.17, 15) is 25.2 Å². The number of hydrogen-bond acceptors (Lipinski definition) is 6. The van der Waals surface area contributed by atoms with E-state index in [1.807, 2.05) is 0 Å². The number of hydrogen-bond donors (Lipinski definition) is 4. The second-order valence-electron chi connectivity index (χ2n) is 5.26. The Balaban J connectivity index is 2.91. The van der Waals surface area contributed by atoms with Crippen molar-refractivity contribution in [2.75, 3.05) is 0 Å². The monoisotopic (exact) mass is 488 g/mol. The molecule has 0 spiro atoms. The minimum absolute atomic E-state index is 0.321. The fraction of sp³-hybridized carbons (Fsp3) is 0.462. The zero-order valence-electron chi connectivity index (χ0n) is 12.5. The van der Waals surface area contributed by atoms with Gasteiger partial charge < -0.3 is 29.9 Å². The summed E-state index contributed by atoms with van der Waals surface area (Å²) < 4.78 is 6.14. The minimum Gasteiger partial charge on any atom is -0.504 e. The number of fused-ring (bicyclic) bond motifs is 1. The summed E-state index contributed by atoms with van der Waals surface area (Å²) in [6.07, 6.45) is -4.80. The Morgan fingerprint density at radius 3 is 2.00 bits per heavy atom. The van der Waals surface area contributed by atoms with Crippen molar-refractivity contribution in [1.29, 1.82) is 0 Å². The molecule has 7 nitrogen and oxygen atoms in total. The summed E-state index contributed by atoms with van der Waals surface area (Å²) in [6, 6.07) is 0. The number of carbonyl (C=O) groups is 1. The molecule has 0 saturated carbocycles. The normalized spacial score (nSPS) is 21.7. The zero-order valence-corrected chi connectivity index (χ0v) is 17.0. The highest BCUT2D eigenvalue weighted by Crippen LogP contribution is 2.58. The van der Waals surface area contributed by atoms with E-state index in [4.69, 9.17) is 79.1 Å². The summed E-state index contributed by atoms with van der Waals surface area (Å²) in [6.45, 7) is 1.19. The Hall–Kier alpha value is -0.250. The number of ether oxygens (including phenoxy) is 2. The van der Waals surface area contributed by atoms with Crippen molar-refractivity contribution < 1.29 is 34.7 Å². The first kappa shape index (κ1) is 22.0. The number of carboxylic acids is 1. The third kappa shape index (κ3) is 3.95. The quantitative estimate of drug-likeness (QED) is 0.359. The summed E-state index contributed by atoms with van der Waals surface area (Å²) in [4.78, 5) is 11.5. The molecule has 3 unspecified atom stereocenters. The number of alkyl halides is 6. The zero-order chi connectivity index (χ0) is 20.2. The number of benzene rings is 1. The second-order valence-corrected chi connectivity index (χ2v) is 10.00. The predicted molar refractivity (Wildman–Crippen MR) is 96.2 cm³/mol. The van der Waals surface area contributed by atoms with Crippen LogP contribution in [-0.2, 0) is 4.74 Å². The molecule has 0 saturated heterocycles. The first-order valence-electron chi connectivity index (χ1n) is 6.66. The van der Waals surface area contributed by atoms with E-state index in [0.29, 0.717) is 0 Å². The summed E-state index contributed by atoms with van der Waals surface area (Å²) >= 11 is 34.9. The lowest BCUT2D eigenvalue weighted by Crippen LogP contribution is -2.42. The molecule has 3 atom stereocenters. The number of halogens is 6. The Morgan fingerprint density at radius 1 is 1.08 bits per heavy atom. The largest absolute Gasteiger partial charge is 0.504 e. The topological polar surface area (TPSA) is 116 Å². The first-order valence-corrected chi connectivity index (χ1v) is 8.93. The molecule has 0 radical (unpaired) electrons. The van der Waals surface area contributed by atoms with Crippen LogP contribution in [0.1, 0.15) is 40.6 Å². The molecule has 0 bridgehead atoms. The predicted octanol–water partition coefficient (Wildman–Crippen LogP) is 4.37. The second kappa shape index (κ2) is 7.29. The van der Waals surface area contributed by atoms with Crippen molar-refractivity contribution >= 4 is 75.6 Å². The fourth-order valence-corrected chi connectivity index (χ4v) is 3.25. The van der Waals surface area contributed by atoms with E-state index >= 15 is 0 Å². The third-order valence-electron chi connectivity index (χ3n) is 3.42. The molecule has 146 valence electrons. The van der Waals surface area contributed by atoms with Crippen LogP contribution in [0.25, 0.3) is 0 Å². The van der Waals surface area contributed by atoms with Crippen molar-refractivity contribution in [3.05, 3.63) is 16.7 Å². The lowest BCUT2D eigenvalue weighted by Gasteiger charge is -2.40. The van der Waals surface area contributed by atoms with Crippen LogP contribution < -0.4 is 4.74 Å². The number of phenols is 2. The number of aliphatic hydroxyl groups is 1. The number of phenolic OH excluding ortho intramolecular Hbond substituents is 1. The molecule has 1 aromatic carbocycles. The molecule has 1 aromatic rings. The summed E-state index contributed by atoms with van der Waals surface area (Å²) in [5.74, 6) is -4.31. The Labute approximate surface area is 176 Å². The highest BCUT2D eigenvalue weighted by atomic mass is 35.6. The molecule has 1 aliphatic heterocycles. The van der Waals surface area contributed by atoms with E-state index in [2.05, 4.69) is 0 Å². The molecule has 1 heterocycles. The number of aliphatic hydroxyl groups excluding tert-OH is 1. The molecule has 26 heavy (non-hydrogen) atoms. The smallest absolute Gasteiger partial charge is 0.340 e. The van der Waals surface area contributed by atoms with Gasteiger partial charge in [-0.3, -0.25) is 0 Å². The van der Waals surface area contributed by atoms with E-state index in [1.54, 1.807) is 0 Å². The van der Waals surface area contributed by atoms with Gasteiger partial charge >= 0.3 is 5.97 Å². The lowest BCUT2D eigenvalue weighted by molar-refractivity contribution is -0.138. The van der Waals surface area contributed by atoms with Crippen LogP contribution in [0.4, 0.5) is 0 Å². The van der Waals surface area contributed by atoms with Crippen molar-refractivity contribution in [3.8, 4) is 17.2 Å². The number of aromatic hydroxyl groups is 2. The number of aromatic carboxylic acids is 1. The maximum absolute atomic E-state index is 11.5. The first-order chi connectivity index (χ1) is 11.7. The summed E-state index contributed by atoms with van der Waals surface area (Å²) in [7, 11) is 0. The van der Waals surface area contributed by atoms with Gasteiger partial charge in [0.2, 0.25) is 15.8 Å². The Kier molecular flexibility index (Phi) is 6.18. The molecule has 4 N–H and O–H groups in total. The highest BCUT2D eigenvalue weighted by Gasteiger charge is 2.51. The molecule has 13 heteroatoms. The van der Waals surface area contributed by atoms with Gasteiger partial charge in [0.1, 0.15) is 11.7 Å². The maximum atomic E-state index is 11.5. The van der Waals surface area contributed by atoms with Crippen LogP contribution in [0, 0.1) is 0 Å². The van der Waals surface area contributed by atoms with E-state index in [1.165, 1.54) is 6.92 Å². The summed E-state index contributed by atoms with van der Waals surface area (Å²) in [5, 5.41) is 39.7. The van der Waals surface area contributed by atoms with Gasteiger partial charge in [0.05, 0.1) is 6.10 Å². The van der Waals surface area contributed by atoms with Gasteiger partial charge in [0.25, 0.3) is 3.79 Å². The van der Waals surface area contributed by atoms with Gasteiger partial charge in [-0.2, -0.15) is 0 Å². The van der Waals surface area contributed by atoms with E-state index in [-0.39, 0.29) is 5.56 Å². The fourth-order valence-electron chi connectivity index (χ4n) is 2.48. The van der Waals surface area contributed by atoms with Crippen LogP contribution in [0.2, 0.25) is 0 Å². The third-order valence-corrected chi connectivity index (χ3v) is 4.55. The standard InChI is InChI=1S/C13H10Cl6O7/c1-2(20)3-4(10(23)24)6(21)7(22)8-5(3)9(12(14,15)16)26-11(25-8)13(17,18)19/h2,9,11,20-22H,1H3,(H,23,24). The van der Waals surface area contributed by atoms with Gasteiger partial charge in [-0.15, -0.1) is 0 Å². The van der Waals surface area contributed by atoms with Gasteiger partial charge in [0.15, 0.2) is 11.5 Å². The molecule has 2 rings (SSSR count). The van der Waals surface area contributed by atoms with Crippen LogP contribution in [-0.4, -0.2) is 40.3 Å². The molecular weight excluding hydrogens is 481 g/mol. The molecule has 0 aliphatic carbocycles. The van der Waals surface area contributed by atoms with Gasteiger partial charge in [0, 0.05) is 11.1 Å². The molecule has 0 fully saturated rings. The van der Waals surface area contributed by atoms with E-state index < -0.39 is 60.4 Å². The molecule has 1 aliphatic rings. The van der Waals surface area contributed by atoms with Crippen molar-refractivity contribution in [2.24, 2.45) is 0 Å². The van der Waals surface area contributed by atoms with Crippen LogP contribution in [0.3, 0.4) is 0 Å². The summed E-state index contributed by atoms with van der Waals surface area (Å²) in [5.41, 5.74) is -1.55. The van der Waals surface area contributed by atoms with Crippen molar-refractivity contribution in [2.45, 2.75) is 33.0 Å². The van der Waals surface area contributed by atoms with Gasteiger partial charge in [-0.1, -0.05) is 69.6 Å². The van der Waals surface area contributed by atoms with Gasteiger partial charge in [-0.25, -0.2) is 4.79 Å². The Morgan fingerprint density at radius 2 is 1.62 bits per heavy atom. The van der Waals surface area contributed by atoms with E-state index in [0.717, 1.165) is 0 Å².